The summed E-state index contributed by atoms with van der Waals surface area (Å²) >= 11 is 0. The normalized spacial score (nSPS) is 19.5. The molecular weight excluding hydrogens is 228 g/mol. The molecule has 1 saturated heterocycles. The van der Waals surface area contributed by atoms with Gasteiger partial charge in [0, 0.05) is 24.9 Å². The Labute approximate surface area is 108 Å². The van der Waals surface area contributed by atoms with Gasteiger partial charge >= 0.3 is 0 Å². The number of nitrogens with one attached hydrogen (secondary N) is 1. The molecule has 1 aromatic rings. The first-order valence-corrected chi connectivity index (χ1v) is 6.67. The van der Waals surface area contributed by atoms with Gasteiger partial charge in [-0.15, -0.1) is 0 Å². The molecule has 3 N–H and O–H groups in total. The van der Waals surface area contributed by atoms with Gasteiger partial charge in [-0.2, -0.15) is 0 Å². The minimum absolute atomic E-state index is 0.326. The van der Waals surface area contributed by atoms with Gasteiger partial charge in [-0.05, 0) is 38.3 Å². The summed E-state index contributed by atoms with van der Waals surface area (Å²) in [5.74, 6) is 0.743. The summed E-state index contributed by atoms with van der Waals surface area (Å²) in [6.07, 6.45) is 3.91. The molecular formula is C14H22N2O2. The van der Waals surface area contributed by atoms with Gasteiger partial charge < -0.3 is 20.5 Å². The molecule has 1 atom stereocenters. The molecule has 100 valence electrons. The van der Waals surface area contributed by atoms with Crippen LogP contribution in [0.5, 0.6) is 5.75 Å². The van der Waals surface area contributed by atoms with Gasteiger partial charge in [-0.1, -0.05) is 0 Å². The molecule has 1 aliphatic rings. The van der Waals surface area contributed by atoms with Crippen LogP contribution in [0.3, 0.4) is 0 Å². The second kappa shape index (κ2) is 6.50. The highest BCUT2D eigenvalue weighted by atomic mass is 16.5. The predicted octanol–water partition coefficient (Wildman–Crippen LogP) is 2.65. The van der Waals surface area contributed by atoms with Crippen molar-refractivity contribution in [2.45, 2.75) is 32.3 Å². The van der Waals surface area contributed by atoms with Crippen LogP contribution < -0.4 is 15.8 Å². The number of hydrogen-bond donors (Lipinski definition) is 2. The van der Waals surface area contributed by atoms with Crippen molar-refractivity contribution in [3.63, 3.8) is 0 Å². The molecule has 1 aromatic carbocycles. The van der Waals surface area contributed by atoms with Crippen molar-refractivity contribution in [2.24, 2.45) is 0 Å². The average Bonchev–Trinajstić information content (AvgIpc) is 2.41. The topological polar surface area (TPSA) is 56.5 Å². The molecule has 4 heteroatoms. The van der Waals surface area contributed by atoms with Gasteiger partial charge in [-0.25, -0.2) is 0 Å². The Hall–Kier alpha value is -1.42. The zero-order valence-corrected chi connectivity index (χ0v) is 10.9. The van der Waals surface area contributed by atoms with Crippen LogP contribution in [0.1, 0.15) is 26.2 Å². The van der Waals surface area contributed by atoms with Gasteiger partial charge in [0.15, 0.2) is 0 Å². The van der Waals surface area contributed by atoms with E-state index < -0.39 is 0 Å². The highest BCUT2D eigenvalue weighted by Crippen LogP contribution is 2.25. The molecule has 0 bridgehead atoms. The van der Waals surface area contributed by atoms with Crippen LogP contribution in [0.15, 0.2) is 18.2 Å². The molecule has 0 aliphatic carbocycles. The molecule has 1 heterocycles. The maximum Gasteiger partial charge on any atom is 0.144 e. The van der Waals surface area contributed by atoms with Gasteiger partial charge in [-0.3, -0.25) is 0 Å². The van der Waals surface area contributed by atoms with Gasteiger partial charge in [0.2, 0.25) is 0 Å². The van der Waals surface area contributed by atoms with E-state index in [-0.39, 0.29) is 0 Å². The molecule has 1 aliphatic heterocycles. The molecule has 4 nitrogen and oxygen atoms in total. The smallest absolute Gasteiger partial charge is 0.144 e. The number of anilines is 2. The summed E-state index contributed by atoms with van der Waals surface area (Å²) in [6.45, 7) is 4.31. The predicted molar refractivity (Wildman–Crippen MR) is 74.1 cm³/mol. The quantitative estimate of drug-likeness (QED) is 0.789. The summed E-state index contributed by atoms with van der Waals surface area (Å²) in [7, 11) is 0. The number of nitrogen functional groups attached to an aromatic ring is 1. The summed E-state index contributed by atoms with van der Waals surface area (Å²) < 4.78 is 11.2. The van der Waals surface area contributed by atoms with E-state index in [4.69, 9.17) is 15.2 Å². The highest BCUT2D eigenvalue weighted by molar-refractivity contribution is 5.61. The maximum atomic E-state index is 5.84. The van der Waals surface area contributed by atoms with Crippen molar-refractivity contribution in [2.75, 3.05) is 30.8 Å². The first-order chi connectivity index (χ1) is 8.79. The van der Waals surface area contributed by atoms with Crippen LogP contribution in [0.2, 0.25) is 0 Å². The third-order valence-corrected chi connectivity index (χ3v) is 3.12. The van der Waals surface area contributed by atoms with E-state index >= 15 is 0 Å². The second-order valence-corrected chi connectivity index (χ2v) is 4.56. The minimum Gasteiger partial charge on any atom is -0.492 e. The summed E-state index contributed by atoms with van der Waals surface area (Å²) in [4.78, 5) is 0. The van der Waals surface area contributed by atoms with E-state index in [0.29, 0.717) is 18.4 Å². The van der Waals surface area contributed by atoms with Crippen molar-refractivity contribution < 1.29 is 9.47 Å². The van der Waals surface area contributed by atoms with E-state index in [1.54, 1.807) is 0 Å². The van der Waals surface area contributed by atoms with Crippen molar-refractivity contribution in [3.05, 3.63) is 18.2 Å². The lowest BCUT2D eigenvalue weighted by Gasteiger charge is -2.23. The fourth-order valence-electron chi connectivity index (χ4n) is 2.12. The van der Waals surface area contributed by atoms with Crippen molar-refractivity contribution in [1.82, 2.24) is 0 Å². The molecule has 0 aromatic heterocycles. The second-order valence-electron chi connectivity index (χ2n) is 4.56. The summed E-state index contributed by atoms with van der Waals surface area (Å²) in [6, 6.07) is 5.79. The van der Waals surface area contributed by atoms with Crippen LogP contribution in [-0.2, 0) is 4.74 Å². The molecule has 0 radical (unpaired) electrons. The Morgan fingerprint density at radius 1 is 1.44 bits per heavy atom. The summed E-state index contributed by atoms with van der Waals surface area (Å²) in [5.41, 5.74) is 7.54. The Kier molecular flexibility index (Phi) is 4.70. The van der Waals surface area contributed by atoms with Crippen molar-refractivity contribution in [1.29, 1.82) is 0 Å². The van der Waals surface area contributed by atoms with Gasteiger partial charge in [0.25, 0.3) is 0 Å². The molecule has 1 fully saturated rings. The van der Waals surface area contributed by atoms with Gasteiger partial charge in [0.05, 0.1) is 18.4 Å². The molecule has 1 unspecified atom stereocenters. The molecule has 0 amide bonds. The average molecular weight is 250 g/mol. The fourth-order valence-corrected chi connectivity index (χ4v) is 2.12. The highest BCUT2D eigenvalue weighted by Gasteiger charge is 2.13. The molecule has 18 heavy (non-hydrogen) atoms. The standard InChI is InChI=1S/C14H22N2O2/c1-2-17-14-9-11(6-7-13(14)15)16-10-12-5-3-4-8-18-12/h6-7,9,12,16H,2-5,8,10,15H2,1H3. The Morgan fingerprint density at radius 3 is 3.06 bits per heavy atom. The minimum atomic E-state index is 0.326. The van der Waals surface area contributed by atoms with E-state index in [9.17, 15) is 0 Å². The van der Waals surface area contributed by atoms with Gasteiger partial charge in [0.1, 0.15) is 5.75 Å². The third kappa shape index (κ3) is 3.53. The third-order valence-electron chi connectivity index (χ3n) is 3.12. The zero-order valence-electron chi connectivity index (χ0n) is 10.9. The van der Waals surface area contributed by atoms with Crippen LogP contribution in [0.4, 0.5) is 11.4 Å². The Morgan fingerprint density at radius 2 is 2.33 bits per heavy atom. The largest absolute Gasteiger partial charge is 0.492 e. The number of rotatable bonds is 5. The first kappa shape index (κ1) is 13.0. The van der Waals surface area contributed by atoms with E-state index in [2.05, 4.69) is 5.32 Å². The number of nitrogens with two attached hydrogens (primary N) is 1. The lowest BCUT2D eigenvalue weighted by atomic mass is 10.1. The van der Waals surface area contributed by atoms with Crippen molar-refractivity contribution >= 4 is 11.4 Å². The van der Waals surface area contributed by atoms with Crippen molar-refractivity contribution in [3.8, 4) is 5.75 Å². The lowest BCUT2D eigenvalue weighted by molar-refractivity contribution is 0.0247. The zero-order chi connectivity index (χ0) is 12.8. The fraction of sp³-hybridized carbons (Fsp3) is 0.571. The Bertz CT molecular complexity index is 376. The van der Waals surface area contributed by atoms with Crippen LogP contribution >= 0.6 is 0 Å². The number of ether oxygens (including phenoxy) is 2. The number of benzene rings is 1. The van der Waals surface area contributed by atoms with Crippen LogP contribution in [-0.4, -0.2) is 25.9 Å². The Balaban J connectivity index is 1.90. The monoisotopic (exact) mass is 250 g/mol. The number of hydrogen-bond acceptors (Lipinski definition) is 4. The van der Waals surface area contributed by atoms with E-state index in [1.165, 1.54) is 12.8 Å². The first-order valence-electron chi connectivity index (χ1n) is 6.67. The molecule has 2 rings (SSSR count). The van der Waals surface area contributed by atoms with Crippen LogP contribution in [0, 0.1) is 0 Å². The maximum absolute atomic E-state index is 5.84. The van der Waals surface area contributed by atoms with E-state index in [1.807, 2.05) is 25.1 Å². The lowest BCUT2D eigenvalue weighted by Crippen LogP contribution is -2.26. The van der Waals surface area contributed by atoms with E-state index in [0.717, 1.165) is 31.0 Å². The SMILES string of the molecule is CCOc1cc(NCC2CCCCO2)ccc1N. The van der Waals surface area contributed by atoms with Crippen LogP contribution in [0.25, 0.3) is 0 Å². The summed E-state index contributed by atoms with van der Waals surface area (Å²) in [5, 5.41) is 3.38. The molecule has 0 saturated carbocycles. The molecule has 0 spiro atoms.